The summed E-state index contributed by atoms with van der Waals surface area (Å²) in [5.41, 5.74) is 1.18. The SMILES string of the molecule is CCC1CCC(Cl)C(Cc2ccc(F)c(Br)c2)C1. The molecule has 1 saturated carbocycles. The largest absolute Gasteiger partial charge is 0.206 e. The Balaban J connectivity index is 2.04. The number of rotatable bonds is 3. The Labute approximate surface area is 122 Å². The van der Waals surface area contributed by atoms with Crippen LogP contribution >= 0.6 is 27.5 Å². The number of halogens is 3. The Bertz CT molecular complexity index is 407. The van der Waals surface area contributed by atoms with Crippen LogP contribution in [0, 0.1) is 17.7 Å². The predicted octanol–water partition coefficient (Wildman–Crippen LogP) is 5.56. The third-order valence-corrected chi connectivity index (χ3v) is 5.24. The van der Waals surface area contributed by atoms with E-state index in [-0.39, 0.29) is 11.2 Å². The zero-order valence-electron chi connectivity index (χ0n) is 10.6. The maximum absolute atomic E-state index is 13.2. The smallest absolute Gasteiger partial charge is 0.137 e. The van der Waals surface area contributed by atoms with E-state index < -0.39 is 0 Å². The van der Waals surface area contributed by atoms with Gasteiger partial charge >= 0.3 is 0 Å². The highest BCUT2D eigenvalue weighted by atomic mass is 79.9. The Kier molecular flexibility index (Phi) is 5.08. The molecule has 1 fully saturated rings. The van der Waals surface area contributed by atoms with Crippen molar-refractivity contribution in [2.24, 2.45) is 11.8 Å². The first-order chi connectivity index (χ1) is 8.60. The second kappa shape index (κ2) is 6.38. The topological polar surface area (TPSA) is 0 Å². The number of alkyl halides is 1. The van der Waals surface area contributed by atoms with Crippen LogP contribution in [0.5, 0.6) is 0 Å². The van der Waals surface area contributed by atoms with Crippen LogP contribution in [0.3, 0.4) is 0 Å². The summed E-state index contributed by atoms with van der Waals surface area (Å²) in [5.74, 6) is 1.15. The van der Waals surface area contributed by atoms with Gasteiger partial charge in [-0.3, -0.25) is 0 Å². The molecule has 3 atom stereocenters. The molecule has 100 valence electrons. The van der Waals surface area contributed by atoms with E-state index in [1.807, 2.05) is 12.1 Å². The Morgan fingerprint density at radius 3 is 2.83 bits per heavy atom. The highest BCUT2D eigenvalue weighted by Crippen LogP contribution is 2.36. The molecule has 0 bridgehead atoms. The van der Waals surface area contributed by atoms with Gasteiger partial charge in [-0.2, -0.15) is 0 Å². The lowest BCUT2D eigenvalue weighted by molar-refractivity contribution is 0.265. The van der Waals surface area contributed by atoms with Gasteiger partial charge in [0.2, 0.25) is 0 Å². The van der Waals surface area contributed by atoms with Gasteiger partial charge in [0, 0.05) is 5.38 Å². The van der Waals surface area contributed by atoms with Crippen LogP contribution in [0.15, 0.2) is 22.7 Å². The summed E-state index contributed by atoms with van der Waals surface area (Å²) in [6.45, 7) is 2.25. The molecule has 0 spiro atoms. The summed E-state index contributed by atoms with van der Waals surface area (Å²) in [6.07, 6.45) is 5.79. The Morgan fingerprint density at radius 2 is 2.17 bits per heavy atom. The van der Waals surface area contributed by atoms with Gasteiger partial charge in [0.05, 0.1) is 4.47 Å². The third-order valence-electron chi connectivity index (χ3n) is 4.06. The van der Waals surface area contributed by atoms with Crippen molar-refractivity contribution in [3.8, 4) is 0 Å². The number of hydrogen-bond donors (Lipinski definition) is 0. The van der Waals surface area contributed by atoms with E-state index in [2.05, 4.69) is 22.9 Å². The normalized spacial score (nSPS) is 28.3. The van der Waals surface area contributed by atoms with Gasteiger partial charge in [0.15, 0.2) is 0 Å². The molecular formula is C15H19BrClF. The van der Waals surface area contributed by atoms with E-state index in [9.17, 15) is 4.39 Å². The van der Waals surface area contributed by atoms with E-state index in [1.165, 1.54) is 30.9 Å². The standard InChI is InChI=1S/C15H19BrClF/c1-2-10-3-5-14(17)12(7-10)8-11-4-6-15(18)13(16)9-11/h4,6,9-10,12,14H,2-3,5,7-8H2,1H3. The van der Waals surface area contributed by atoms with Crippen LogP contribution in [-0.4, -0.2) is 5.38 Å². The quantitative estimate of drug-likeness (QED) is 0.635. The van der Waals surface area contributed by atoms with Crippen molar-refractivity contribution in [1.82, 2.24) is 0 Å². The number of hydrogen-bond acceptors (Lipinski definition) is 0. The molecule has 0 radical (unpaired) electrons. The van der Waals surface area contributed by atoms with Crippen LogP contribution in [0.1, 0.15) is 38.2 Å². The average Bonchev–Trinajstić information content (AvgIpc) is 2.36. The molecule has 18 heavy (non-hydrogen) atoms. The molecule has 0 saturated heterocycles. The predicted molar refractivity (Wildman–Crippen MR) is 78.6 cm³/mol. The molecule has 0 nitrogen and oxygen atoms in total. The molecular weight excluding hydrogens is 315 g/mol. The fraction of sp³-hybridized carbons (Fsp3) is 0.600. The molecule has 1 aliphatic carbocycles. The van der Waals surface area contributed by atoms with Crippen molar-refractivity contribution in [3.63, 3.8) is 0 Å². The monoisotopic (exact) mass is 332 g/mol. The maximum Gasteiger partial charge on any atom is 0.137 e. The molecule has 3 unspecified atom stereocenters. The van der Waals surface area contributed by atoms with E-state index in [0.29, 0.717) is 10.4 Å². The molecule has 0 N–H and O–H groups in total. The fourth-order valence-electron chi connectivity index (χ4n) is 2.88. The van der Waals surface area contributed by atoms with Crippen LogP contribution in [0.2, 0.25) is 0 Å². The summed E-state index contributed by atoms with van der Waals surface area (Å²) in [4.78, 5) is 0. The van der Waals surface area contributed by atoms with E-state index >= 15 is 0 Å². The summed E-state index contributed by atoms with van der Waals surface area (Å²) in [7, 11) is 0. The van der Waals surface area contributed by atoms with Crippen molar-refractivity contribution in [1.29, 1.82) is 0 Å². The zero-order chi connectivity index (χ0) is 13.1. The van der Waals surface area contributed by atoms with Gasteiger partial charge in [0.25, 0.3) is 0 Å². The first kappa shape index (κ1) is 14.3. The summed E-state index contributed by atoms with van der Waals surface area (Å²) in [5, 5.41) is 0.275. The van der Waals surface area contributed by atoms with Crippen LogP contribution in [0.25, 0.3) is 0 Å². The van der Waals surface area contributed by atoms with Crippen molar-refractivity contribution in [2.45, 2.75) is 44.4 Å². The molecule has 1 aromatic rings. The van der Waals surface area contributed by atoms with Crippen molar-refractivity contribution in [2.75, 3.05) is 0 Å². The minimum Gasteiger partial charge on any atom is -0.206 e. The van der Waals surface area contributed by atoms with Crippen LogP contribution < -0.4 is 0 Å². The van der Waals surface area contributed by atoms with Crippen molar-refractivity contribution in [3.05, 3.63) is 34.1 Å². The summed E-state index contributed by atoms with van der Waals surface area (Å²) in [6, 6.07) is 5.29. The minimum absolute atomic E-state index is 0.198. The molecule has 0 amide bonds. The van der Waals surface area contributed by atoms with Crippen LogP contribution in [0.4, 0.5) is 4.39 Å². The molecule has 1 aromatic carbocycles. The van der Waals surface area contributed by atoms with E-state index in [4.69, 9.17) is 11.6 Å². The van der Waals surface area contributed by atoms with E-state index in [0.717, 1.165) is 18.8 Å². The lowest BCUT2D eigenvalue weighted by atomic mass is 9.77. The molecule has 3 heteroatoms. The highest BCUT2D eigenvalue weighted by molar-refractivity contribution is 9.10. The van der Waals surface area contributed by atoms with Gasteiger partial charge < -0.3 is 0 Å². The lowest BCUT2D eigenvalue weighted by Gasteiger charge is -2.32. The van der Waals surface area contributed by atoms with Gasteiger partial charge in [-0.1, -0.05) is 19.4 Å². The molecule has 1 aliphatic rings. The van der Waals surface area contributed by atoms with E-state index in [1.54, 1.807) is 0 Å². The molecule has 0 aromatic heterocycles. The van der Waals surface area contributed by atoms with Gasteiger partial charge in [-0.05, 0) is 71.1 Å². The molecule has 0 aliphatic heterocycles. The summed E-state index contributed by atoms with van der Waals surface area (Å²) >= 11 is 9.68. The average molecular weight is 334 g/mol. The van der Waals surface area contributed by atoms with Gasteiger partial charge in [0.1, 0.15) is 5.82 Å². The Morgan fingerprint density at radius 1 is 1.39 bits per heavy atom. The molecule has 2 rings (SSSR count). The van der Waals surface area contributed by atoms with Gasteiger partial charge in [-0.25, -0.2) is 4.39 Å². The second-order valence-corrected chi connectivity index (χ2v) is 6.73. The fourth-order valence-corrected chi connectivity index (χ4v) is 3.62. The van der Waals surface area contributed by atoms with Gasteiger partial charge in [-0.15, -0.1) is 11.6 Å². The first-order valence-corrected chi connectivity index (χ1v) is 7.91. The van der Waals surface area contributed by atoms with Crippen molar-refractivity contribution >= 4 is 27.5 Å². The highest BCUT2D eigenvalue weighted by Gasteiger charge is 2.28. The van der Waals surface area contributed by atoms with Crippen molar-refractivity contribution < 1.29 is 4.39 Å². The third kappa shape index (κ3) is 3.48. The lowest BCUT2D eigenvalue weighted by Crippen LogP contribution is -2.26. The molecule has 0 heterocycles. The minimum atomic E-state index is -0.198. The second-order valence-electron chi connectivity index (χ2n) is 5.32. The van der Waals surface area contributed by atoms with Crippen LogP contribution in [-0.2, 0) is 6.42 Å². The summed E-state index contributed by atoms with van der Waals surface area (Å²) < 4.78 is 13.7. The number of benzene rings is 1. The Hall–Kier alpha value is -0.0800. The maximum atomic E-state index is 13.2. The zero-order valence-corrected chi connectivity index (χ0v) is 13.0. The first-order valence-electron chi connectivity index (χ1n) is 6.68.